The van der Waals surface area contributed by atoms with E-state index in [-0.39, 0.29) is 24.8 Å². The fraction of sp³-hybridized carbons (Fsp3) is 0.571. The average molecular weight is 289 g/mol. The lowest BCUT2D eigenvalue weighted by molar-refractivity contribution is 0.147. The van der Waals surface area contributed by atoms with Gasteiger partial charge < -0.3 is 5.32 Å². The van der Waals surface area contributed by atoms with Gasteiger partial charge in [0.15, 0.2) is 0 Å². The first kappa shape index (κ1) is 15.8. The largest absolute Gasteiger partial charge is 0.317 e. The second-order valence-corrected chi connectivity index (χ2v) is 4.97. The van der Waals surface area contributed by atoms with Gasteiger partial charge in [-0.1, -0.05) is 24.3 Å². The van der Waals surface area contributed by atoms with Crippen LogP contribution in [0.5, 0.6) is 0 Å². The molecule has 0 saturated carbocycles. The fourth-order valence-electron chi connectivity index (χ4n) is 3.00. The summed E-state index contributed by atoms with van der Waals surface area (Å²) in [6, 6.07) is 9.73. The minimum absolute atomic E-state index is 0. The molecule has 1 fully saturated rings. The first-order valence-electron chi connectivity index (χ1n) is 6.45. The molecule has 2 aliphatic rings. The molecule has 1 aromatic carbocycles. The standard InChI is InChI=1S/C14H20N2.2ClH/c1-2-4-13-11-16(10-7-12(13)3-1)14-5-8-15-9-6-14;;/h1-4,14-15H,5-11H2;2*1H. The number of halogens is 2. The molecule has 1 aromatic rings. The number of piperidine rings is 1. The van der Waals surface area contributed by atoms with E-state index in [1.807, 2.05) is 0 Å². The molecule has 2 aliphatic heterocycles. The number of nitrogens with one attached hydrogen (secondary N) is 1. The second-order valence-electron chi connectivity index (χ2n) is 4.97. The van der Waals surface area contributed by atoms with Gasteiger partial charge in [-0.25, -0.2) is 0 Å². The second kappa shape index (κ2) is 7.34. The van der Waals surface area contributed by atoms with Crippen molar-refractivity contribution >= 4 is 24.8 Å². The van der Waals surface area contributed by atoms with Crippen molar-refractivity contribution in [1.29, 1.82) is 0 Å². The molecule has 0 unspecified atom stereocenters. The van der Waals surface area contributed by atoms with E-state index in [2.05, 4.69) is 34.5 Å². The molecule has 0 spiro atoms. The molecule has 2 nitrogen and oxygen atoms in total. The molecule has 0 aliphatic carbocycles. The highest BCUT2D eigenvalue weighted by atomic mass is 35.5. The van der Waals surface area contributed by atoms with Gasteiger partial charge in [0.05, 0.1) is 0 Å². The number of hydrogen-bond donors (Lipinski definition) is 1. The zero-order valence-electron chi connectivity index (χ0n) is 10.6. The molecule has 18 heavy (non-hydrogen) atoms. The van der Waals surface area contributed by atoms with Crippen LogP contribution in [0.1, 0.15) is 24.0 Å². The maximum Gasteiger partial charge on any atom is 0.0239 e. The summed E-state index contributed by atoms with van der Waals surface area (Å²) in [5.41, 5.74) is 3.11. The van der Waals surface area contributed by atoms with Crippen LogP contribution in [0.4, 0.5) is 0 Å². The predicted molar refractivity (Wildman–Crippen MR) is 80.9 cm³/mol. The number of nitrogens with zero attached hydrogens (tertiary/aromatic N) is 1. The van der Waals surface area contributed by atoms with Gasteiger partial charge in [0.2, 0.25) is 0 Å². The van der Waals surface area contributed by atoms with Crippen molar-refractivity contribution in [2.24, 2.45) is 0 Å². The summed E-state index contributed by atoms with van der Waals surface area (Å²) in [4.78, 5) is 2.68. The number of fused-ring (bicyclic) bond motifs is 1. The smallest absolute Gasteiger partial charge is 0.0239 e. The monoisotopic (exact) mass is 288 g/mol. The van der Waals surface area contributed by atoms with Crippen LogP contribution in [0, 0.1) is 0 Å². The molecule has 0 amide bonds. The van der Waals surface area contributed by atoms with E-state index in [1.165, 1.54) is 45.4 Å². The minimum Gasteiger partial charge on any atom is -0.317 e. The third-order valence-corrected chi connectivity index (χ3v) is 3.99. The zero-order valence-corrected chi connectivity index (χ0v) is 12.2. The van der Waals surface area contributed by atoms with Gasteiger partial charge >= 0.3 is 0 Å². The molecule has 102 valence electrons. The summed E-state index contributed by atoms with van der Waals surface area (Å²) >= 11 is 0. The number of benzene rings is 1. The minimum atomic E-state index is 0. The maximum atomic E-state index is 3.45. The van der Waals surface area contributed by atoms with Crippen LogP contribution < -0.4 is 5.32 Å². The summed E-state index contributed by atoms with van der Waals surface area (Å²) in [7, 11) is 0. The van der Waals surface area contributed by atoms with Gasteiger partial charge in [-0.05, 0) is 43.5 Å². The van der Waals surface area contributed by atoms with Gasteiger partial charge in [-0.2, -0.15) is 0 Å². The average Bonchev–Trinajstić information content (AvgIpc) is 2.39. The Balaban J connectivity index is 0.000000810. The van der Waals surface area contributed by atoms with E-state index in [4.69, 9.17) is 0 Å². The molecule has 0 radical (unpaired) electrons. The lowest BCUT2D eigenvalue weighted by Crippen LogP contribution is -2.45. The molecule has 3 rings (SSSR count). The van der Waals surface area contributed by atoms with Crippen molar-refractivity contribution in [3.05, 3.63) is 35.4 Å². The molecule has 0 aromatic heterocycles. The van der Waals surface area contributed by atoms with E-state index in [9.17, 15) is 0 Å². The Morgan fingerprint density at radius 1 is 1.00 bits per heavy atom. The summed E-state index contributed by atoms with van der Waals surface area (Å²) in [5, 5.41) is 3.45. The molecule has 0 atom stereocenters. The van der Waals surface area contributed by atoms with E-state index >= 15 is 0 Å². The lowest BCUT2D eigenvalue weighted by atomic mass is 9.96. The van der Waals surface area contributed by atoms with Gasteiger partial charge in [-0.3, -0.25) is 4.90 Å². The van der Waals surface area contributed by atoms with Crippen molar-refractivity contribution < 1.29 is 0 Å². The Bertz CT molecular complexity index is 365. The molecule has 4 heteroatoms. The summed E-state index contributed by atoms with van der Waals surface area (Å²) in [5.74, 6) is 0. The fourth-order valence-corrected chi connectivity index (χ4v) is 3.00. The summed E-state index contributed by atoms with van der Waals surface area (Å²) < 4.78 is 0. The van der Waals surface area contributed by atoms with Crippen molar-refractivity contribution in [2.75, 3.05) is 19.6 Å². The highest BCUT2D eigenvalue weighted by molar-refractivity contribution is 5.85. The van der Waals surface area contributed by atoms with Crippen molar-refractivity contribution in [3.63, 3.8) is 0 Å². The molecular formula is C14H22Cl2N2. The Labute approximate surface area is 122 Å². The van der Waals surface area contributed by atoms with Crippen LogP contribution in [0.3, 0.4) is 0 Å². The van der Waals surface area contributed by atoms with Crippen LogP contribution in [0.25, 0.3) is 0 Å². The predicted octanol–water partition coefficient (Wildman–Crippen LogP) is 2.64. The zero-order chi connectivity index (χ0) is 10.8. The first-order valence-corrected chi connectivity index (χ1v) is 6.45. The lowest BCUT2D eigenvalue weighted by Gasteiger charge is -2.37. The number of hydrogen-bond acceptors (Lipinski definition) is 2. The Morgan fingerprint density at radius 3 is 2.39 bits per heavy atom. The molecule has 1 N–H and O–H groups in total. The number of rotatable bonds is 1. The third kappa shape index (κ3) is 3.39. The molecule has 0 bridgehead atoms. The van der Waals surface area contributed by atoms with Gasteiger partial charge in [0.25, 0.3) is 0 Å². The molecule has 1 saturated heterocycles. The molecular weight excluding hydrogens is 267 g/mol. The van der Waals surface area contributed by atoms with Crippen LogP contribution >= 0.6 is 24.8 Å². The van der Waals surface area contributed by atoms with Crippen molar-refractivity contribution in [2.45, 2.75) is 31.8 Å². The SMILES string of the molecule is Cl.Cl.c1ccc2c(c1)CCN(C1CCNCC1)C2. The highest BCUT2D eigenvalue weighted by Crippen LogP contribution is 2.23. The van der Waals surface area contributed by atoms with Crippen LogP contribution in [-0.2, 0) is 13.0 Å². The summed E-state index contributed by atoms with van der Waals surface area (Å²) in [6.07, 6.45) is 3.88. The highest BCUT2D eigenvalue weighted by Gasteiger charge is 2.24. The van der Waals surface area contributed by atoms with Crippen LogP contribution in [-0.4, -0.2) is 30.6 Å². The Kier molecular flexibility index (Phi) is 6.44. The maximum absolute atomic E-state index is 3.45. The van der Waals surface area contributed by atoms with Crippen molar-refractivity contribution in [3.8, 4) is 0 Å². The quantitative estimate of drug-likeness (QED) is 0.855. The third-order valence-electron chi connectivity index (χ3n) is 3.99. The topological polar surface area (TPSA) is 15.3 Å². The van der Waals surface area contributed by atoms with E-state index in [0.717, 1.165) is 6.04 Å². The van der Waals surface area contributed by atoms with Crippen LogP contribution in [0.2, 0.25) is 0 Å². The van der Waals surface area contributed by atoms with Gasteiger partial charge in [0.1, 0.15) is 0 Å². The van der Waals surface area contributed by atoms with Gasteiger partial charge in [-0.15, -0.1) is 24.8 Å². The van der Waals surface area contributed by atoms with Crippen LogP contribution in [0.15, 0.2) is 24.3 Å². The van der Waals surface area contributed by atoms with Gasteiger partial charge in [0, 0.05) is 19.1 Å². The normalized spacial score (nSPS) is 20.4. The van der Waals surface area contributed by atoms with E-state index in [0.29, 0.717) is 0 Å². The van der Waals surface area contributed by atoms with E-state index < -0.39 is 0 Å². The summed E-state index contributed by atoms with van der Waals surface area (Å²) in [6.45, 7) is 4.81. The van der Waals surface area contributed by atoms with E-state index in [1.54, 1.807) is 11.1 Å². The Morgan fingerprint density at radius 2 is 1.67 bits per heavy atom. The first-order chi connectivity index (χ1) is 7.93. The molecule has 2 heterocycles. The van der Waals surface area contributed by atoms with Crippen molar-refractivity contribution in [1.82, 2.24) is 10.2 Å². The Hall–Kier alpha value is -0.280.